The van der Waals surface area contributed by atoms with Gasteiger partial charge in [0.2, 0.25) is 17.6 Å². The van der Waals surface area contributed by atoms with Gasteiger partial charge >= 0.3 is 6.03 Å². The average molecular weight is 642 g/mol. The fourth-order valence-corrected chi connectivity index (χ4v) is 6.04. The minimum Gasteiger partial charge on any atom is -0.497 e. The monoisotopic (exact) mass is 641 g/mol. The molecule has 2 fully saturated rings. The summed E-state index contributed by atoms with van der Waals surface area (Å²) in [4.78, 5) is 80.7. The van der Waals surface area contributed by atoms with Gasteiger partial charge in [0, 0.05) is 12.1 Å². The van der Waals surface area contributed by atoms with E-state index in [2.05, 4.69) is 16.0 Å². The first-order valence-electron chi connectivity index (χ1n) is 16.2. The van der Waals surface area contributed by atoms with Crippen molar-refractivity contribution in [3.8, 4) is 5.75 Å². The number of Topliss-reactive ketones (excluding diaryl/α,β-unsaturated/α-hetero) is 2. The number of amides is 5. The molecule has 1 saturated carbocycles. The molecule has 0 spiro atoms. The number of likely N-dealkylation sites (tertiary alicyclic amines) is 1. The molecule has 1 saturated heterocycles. The van der Waals surface area contributed by atoms with E-state index in [1.54, 1.807) is 45.0 Å². The minimum absolute atomic E-state index is 0.0300. The molecule has 0 radical (unpaired) electrons. The largest absolute Gasteiger partial charge is 0.497 e. The van der Waals surface area contributed by atoms with Crippen LogP contribution in [-0.4, -0.2) is 78.0 Å². The number of nitrogens with zero attached hydrogens (tertiary/aromatic N) is 1. The van der Waals surface area contributed by atoms with Crippen molar-refractivity contribution >= 4 is 35.3 Å². The van der Waals surface area contributed by atoms with Crippen molar-refractivity contribution in [2.75, 3.05) is 13.7 Å². The topological polar surface area (TPSA) is 177 Å². The van der Waals surface area contributed by atoms with Crippen LogP contribution < -0.4 is 26.4 Å². The highest BCUT2D eigenvalue weighted by Crippen LogP contribution is 2.35. The first-order valence-corrected chi connectivity index (χ1v) is 16.2. The third kappa shape index (κ3) is 9.07. The van der Waals surface area contributed by atoms with Crippen molar-refractivity contribution in [3.63, 3.8) is 0 Å². The number of ether oxygens (including phenoxy) is 1. The van der Waals surface area contributed by atoms with Gasteiger partial charge in [-0.2, -0.15) is 0 Å². The SMILES string of the molecule is COc1ccc(C(=O)[C@@H](NC(=O)N[C@H](C(=O)N2CCC(C(C)C)[C@H]2C(=O)NC(CC2CC2)C(=O)C(N)=O)C(C)(C)C)C(C)C)cc1. The zero-order valence-electron chi connectivity index (χ0n) is 28.3. The van der Waals surface area contributed by atoms with Crippen molar-refractivity contribution in [3.05, 3.63) is 29.8 Å². The molecule has 1 aromatic rings. The average Bonchev–Trinajstić information content (AvgIpc) is 3.69. The number of hydrogen-bond donors (Lipinski definition) is 4. The third-order valence-corrected chi connectivity index (χ3v) is 8.99. The Morgan fingerprint density at radius 2 is 1.54 bits per heavy atom. The van der Waals surface area contributed by atoms with Crippen LogP contribution in [0.5, 0.6) is 5.75 Å². The van der Waals surface area contributed by atoms with E-state index in [9.17, 15) is 28.8 Å². The molecule has 0 aromatic heterocycles. The third-order valence-electron chi connectivity index (χ3n) is 8.99. The molecule has 1 aliphatic heterocycles. The lowest BCUT2D eigenvalue weighted by Crippen LogP contribution is -2.62. The molecular weight excluding hydrogens is 590 g/mol. The highest BCUT2D eigenvalue weighted by molar-refractivity contribution is 6.37. The molecule has 5 N–H and O–H groups in total. The van der Waals surface area contributed by atoms with Gasteiger partial charge in [-0.05, 0) is 66.2 Å². The number of nitrogens with one attached hydrogen (secondary N) is 3. The summed E-state index contributed by atoms with van der Waals surface area (Å²) in [5.41, 5.74) is 4.92. The van der Waals surface area contributed by atoms with Gasteiger partial charge in [0.05, 0.1) is 19.2 Å². The second-order valence-electron chi connectivity index (χ2n) is 14.4. The normalized spacial score (nSPS) is 20.1. The van der Waals surface area contributed by atoms with E-state index in [0.717, 1.165) is 12.8 Å². The van der Waals surface area contributed by atoms with Gasteiger partial charge in [-0.25, -0.2) is 4.79 Å². The van der Waals surface area contributed by atoms with Crippen LogP contribution in [0.1, 0.15) is 84.5 Å². The second kappa shape index (κ2) is 15.1. The van der Waals surface area contributed by atoms with E-state index in [1.165, 1.54) is 12.0 Å². The molecule has 12 heteroatoms. The summed E-state index contributed by atoms with van der Waals surface area (Å²) in [6, 6.07) is 2.03. The molecule has 254 valence electrons. The zero-order valence-corrected chi connectivity index (χ0v) is 28.3. The van der Waals surface area contributed by atoms with Gasteiger partial charge in [-0.1, -0.05) is 61.3 Å². The maximum atomic E-state index is 14.2. The minimum atomic E-state index is -1.11. The van der Waals surface area contributed by atoms with Crippen molar-refractivity contribution in [2.24, 2.45) is 34.8 Å². The maximum absolute atomic E-state index is 14.2. The summed E-state index contributed by atoms with van der Waals surface area (Å²) in [7, 11) is 1.53. The summed E-state index contributed by atoms with van der Waals surface area (Å²) in [5, 5.41) is 8.30. The van der Waals surface area contributed by atoms with Crippen LogP contribution in [0.25, 0.3) is 0 Å². The van der Waals surface area contributed by atoms with Crippen LogP contribution in [0.3, 0.4) is 0 Å². The maximum Gasteiger partial charge on any atom is 0.316 e. The Morgan fingerprint density at radius 3 is 2.02 bits per heavy atom. The fourth-order valence-electron chi connectivity index (χ4n) is 6.04. The van der Waals surface area contributed by atoms with Crippen LogP contribution >= 0.6 is 0 Å². The van der Waals surface area contributed by atoms with Crippen LogP contribution in [0, 0.1) is 29.1 Å². The quantitative estimate of drug-likeness (QED) is 0.178. The summed E-state index contributed by atoms with van der Waals surface area (Å²) < 4.78 is 5.17. The predicted molar refractivity (Wildman–Crippen MR) is 173 cm³/mol. The molecule has 46 heavy (non-hydrogen) atoms. The van der Waals surface area contributed by atoms with Gasteiger partial charge in [0.15, 0.2) is 5.78 Å². The van der Waals surface area contributed by atoms with Crippen molar-refractivity contribution in [1.29, 1.82) is 0 Å². The Balaban J connectivity index is 1.82. The molecule has 0 bridgehead atoms. The van der Waals surface area contributed by atoms with Crippen LogP contribution in [0.4, 0.5) is 4.79 Å². The first-order chi connectivity index (χ1) is 21.5. The number of benzene rings is 1. The van der Waals surface area contributed by atoms with Gasteiger partial charge in [-0.15, -0.1) is 0 Å². The van der Waals surface area contributed by atoms with Gasteiger partial charge < -0.3 is 31.3 Å². The number of methoxy groups -OCH3 is 1. The standard InChI is InChI=1S/C34H51N5O7/c1-18(2)23-15-16-39(26(23)31(43)36-24(17-20-9-10-20)28(41)30(35)42)32(44)29(34(5,6)7)38-33(45)37-25(19(3)4)27(40)21-11-13-22(46-8)14-12-21/h11-14,18-20,23-26,29H,9-10,15-17H2,1-8H3,(H2,35,42)(H,36,43)(H2,37,38,45)/t23?,24?,25-,26-,29+/m0/s1. The van der Waals surface area contributed by atoms with Gasteiger partial charge in [-0.3, -0.25) is 24.0 Å². The number of rotatable bonds is 14. The fraction of sp³-hybridized carbons (Fsp3) is 0.647. The van der Waals surface area contributed by atoms with Crippen molar-refractivity contribution in [2.45, 2.75) is 98.3 Å². The lowest BCUT2D eigenvalue weighted by molar-refractivity contribution is -0.144. The Kier molecular flexibility index (Phi) is 12.0. The van der Waals surface area contributed by atoms with Gasteiger partial charge in [0.1, 0.15) is 17.8 Å². The Morgan fingerprint density at radius 1 is 0.935 bits per heavy atom. The Labute approximate surface area is 271 Å². The molecule has 1 heterocycles. The van der Waals surface area contributed by atoms with E-state index in [1.807, 2.05) is 27.7 Å². The summed E-state index contributed by atoms with van der Waals surface area (Å²) >= 11 is 0. The van der Waals surface area contributed by atoms with Crippen molar-refractivity contribution in [1.82, 2.24) is 20.9 Å². The second-order valence-corrected chi connectivity index (χ2v) is 14.4. The molecule has 3 rings (SSSR count). The van der Waals surface area contributed by atoms with E-state index >= 15 is 0 Å². The van der Waals surface area contributed by atoms with E-state index in [4.69, 9.17) is 10.5 Å². The highest BCUT2D eigenvalue weighted by atomic mass is 16.5. The number of urea groups is 1. The number of carbonyl (C=O) groups excluding carboxylic acids is 6. The summed E-state index contributed by atoms with van der Waals surface area (Å²) in [6.45, 7) is 13.3. The van der Waals surface area contributed by atoms with Crippen LogP contribution in [0.15, 0.2) is 24.3 Å². The summed E-state index contributed by atoms with van der Waals surface area (Å²) in [6.07, 6.45) is 2.68. The molecule has 5 amide bonds. The molecule has 1 aliphatic carbocycles. The first kappa shape index (κ1) is 36.5. The van der Waals surface area contributed by atoms with Crippen LogP contribution in [0.2, 0.25) is 0 Å². The predicted octanol–water partition coefficient (Wildman–Crippen LogP) is 2.83. The number of primary amides is 1. The Hall–Kier alpha value is -3.96. The van der Waals surface area contributed by atoms with Crippen LogP contribution in [-0.2, 0) is 19.2 Å². The lowest BCUT2D eigenvalue weighted by atomic mass is 9.84. The number of ketones is 2. The highest BCUT2D eigenvalue weighted by Gasteiger charge is 2.48. The molecule has 12 nitrogen and oxygen atoms in total. The molecule has 2 unspecified atom stereocenters. The van der Waals surface area contributed by atoms with Crippen molar-refractivity contribution < 1.29 is 33.5 Å². The van der Waals surface area contributed by atoms with E-state index in [-0.39, 0.29) is 36.0 Å². The molecule has 1 aromatic carbocycles. The Bertz CT molecular complexity index is 1300. The smallest absolute Gasteiger partial charge is 0.316 e. The lowest BCUT2D eigenvalue weighted by Gasteiger charge is -2.37. The molecular formula is C34H51N5O7. The number of hydrogen-bond acceptors (Lipinski definition) is 7. The number of carbonyl (C=O) groups is 6. The molecule has 5 atom stereocenters. The summed E-state index contributed by atoms with van der Waals surface area (Å²) in [5.74, 6) is -2.83. The number of nitrogens with two attached hydrogens (primary N) is 1. The van der Waals surface area contributed by atoms with E-state index < -0.39 is 59.1 Å². The zero-order chi connectivity index (χ0) is 34.5. The van der Waals surface area contributed by atoms with Gasteiger partial charge in [0.25, 0.3) is 5.91 Å². The molecule has 2 aliphatic rings. The van der Waals surface area contributed by atoms with E-state index in [0.29, 0.717) is 24.2 Å².